The summed E-state index contributed by atoms with van der Waals surface area (Å²) in [4.78, 5) is 0. The number of hydrogen-bond donors (Lipinski definition) is 3. The maximum absolute atomic E-state index is 14.6. The third-order valence-electron chi connectivity index (χ3n) is 4.69. The Morgan fingerprint density at radius 1 is 1.11 bits per heavy atom. The number of aryl methyl sites for hydroxylation is 1. The molecule has 2 aromatic carbocycles. The molecule has 3 rings (SSSR count). The number of halogens is 3. The minimum absolute atomic E-state index is 0.0181. The summed E-state index contributed by atoms with van der Waals surface area (Å²) in [6.45, 7) is 1.83. The molecular weight excluding hydrogens is 359 g/mol. The van der Waals surface area contributed by atoms with Gasteiger partial charge >= 0.3 is 0 Å². The minimum Gasteiger partial charge on any atom is -0.488 e. The second-order valence-corrected chi connectivity index (χ2v) is 6.81. The van der Waals surface area contributed by atoms with Crippen LogP contribution in [-0.2, 0) is 6.42 Å². The van der Waals surface area contributed by atoms with Crippen LogP contribution in [-0.4, -0.2) is 35.6 Å². The number of nitrogens with one attached hydrogen (secondary N) is 1. The molecule has 146 valence electrons. The summed E-state index contributed by atoms with van der Waals surface area (Å²) in [6, 6.07) is 5.49. The van der Waals surface area contributed by atoms with Crippen molar-refractivity contribution < 1.29 is 28.1 Å². The van der Waals surface area contributed by atoms with Crippen LogP contribution in [0.5, 0.6) is 5.75 Å². The average Bonchev–Trinajstić information content (AvgIpc) is 2.63. The lowest BCUT2D eigenvalue weighted by Gasteiger charge is -2.24. The molecule has 0 spiro atoms. The van der Waals surface area contributed by atoms with Gasteiger partial charge < -0.3 is 20.3 Å². The van der Waals surface area contributed by atoms with Gasteiger partial charge in [-0.1, -0.05) is 12.1 Å². The number of benzene rings is 2. The van der Waals surface area contributed by atoms with Crippen molar-refractivity contribution in [3.63, 3.8) is 0 Å². The lowest BCUT2D eigenvalue weighted by atomic mass is 9.99. The molecule has 0 amide bonds. The highest BCUT2D eigenvalue weighted by Crippen LogP contribution is 2.35. The van der Waals surface area contributed by atoms with Crippen LogP contribution < -0.4 is 10.1 Å². The van der Waals surface area contributed by atoms with Crippen LogP contribution in [0.4, 0.5) is 18.9 Å². The van der Waals surface area contributed by atoms with E-state index in [-0.39, 0.29) is 35.6 Å². The molecule has 2 unspecified atom stereocenters. The number of anilines is 1. The largest absolute Gasteiger partial charge is 0.488 e. The Bertz CT molecular complexity index is 829. The van der Waals surface area contributed by atoms with Gasteiger partial charge in [-0.15, -0.1) is 0 Å². The zero-order valence-corrected chi connectivity index (χ0v) is 14.9. The monoisotopic (exact) mass is 381 g/mol. The van der Waals surface area contributed by atoms with Crippen LogP contribution in [0.1, 0.15) is 29.5 Å². The van der Waals surface area contributed by atoms with E-state index in [0.29, 0.717) is 19.4 Å². The summed E-state index contributed by atoms with van der Waals surface area (Å²) < 4.78 is 48.4. The molecule has 0 aliphatic carbocycles. The van der Waals surface area contributed by atoms with Gasteiger partial charge in [0.05, 0.1) is 11.8 Å². The van der Waals surface area contributed by atoms with Crippen molar-refractivity contribution in [1.82, 2.24) is 0 Å². The first-order valence-corrected chi connectivity index (χ1v) is 8.85. The Balaban J connectivity index is 2.01. The normalized spacial score (nSPS) is 20.4. The topological polar surface area (TPSA) is 61.7 Å². The van der Waals surface area contributed by atoms with E-state index in [0.717, 1.165) is 11.6 Å². The number of hydrogen-bond acceptors (Lipinski definition) is 4. The lowest BCUT2D eigenvalue weighted by molar-refractivity contribution is -0.0123. The van der Waals surface area contributed by atoms with Gasteiger partial charge in [0.15, 0.2) is 11.6 Å². The van der Waals surface area contributed by atoms with Crippen molar-refractivity contribution in [3.8, 4) is 5.75 Å². The van der Waals surface area contributed by atoms with Crippen molar-refractivity contribution >= 4 is 5.69 Å². The van der Waals surface area contributed by atoms with Crippen LogP contribution in [0, 0.1) is 24.4 Å². The minimum atomic E-state index is -1.14. The number of aliphatic hydroxyl groups excluding tert-OH is 2. The fourth-order valence-corrected chi connectivity index (χ4v) is 3.12. The first-order valence-electron chi connectivity index (χ1n) is 8.85. The molecule has 0 radical (unpaired) electrons. The maximum Gasteiger partial charge on any atom is 0.164 e. The van der Waals surface area contributed by atoms with Crippen LogP contribution in [0.2, 0.25) is 0 Å². The highest BCUT2D eigenvalue weighted by molar-refractivity contribution is 5.64. The highest BCUT2D eigenvalue weighted by atomic mass is 19.2. The molecule has 2 aromatic rings. The summed E-state index contributed by atoms with van der Waals surface area (Å²) in [6.07, 6.45) is -1.41. The maximum atomic E-state index is 14.6. The van der Waals surface area contributed by atoms with Gasteiger partial charge in [0, 0.05) is 24.6 Å². The average molecular weight is 381 g/mol. The Labute approximate surface area is 155 Å². The van der Waals surface area contributed by atoms with Gasteiger partial charge in [0.2, 0.25) is 0 Å². The van der Waals surface area contributed by atoms with Gasteiger partial charge in [0.25, 0.3) is 0 Å². The van der Waals surface area contributed by atoms with Crippen molar-refractivity contribution in [1.29, 1.82) is 0 Å². The highest BCUT2D eigenvalue weighted by Gasteiger charge is 2.24. The Morgan fingerprint density at radius 3 is 2.63 bits per heavy atom. The van der Waals surface area contributed by atoms with Crippen molar-refractivity contribution in [2.75, 3.05) is 18.5 Å². The van der Waals surface area contributed by atoms with Crippen LogP contribution in [0.15, 0.2) is 24.3 Å². The second-order valence-electron chi connectivity index (χ2n) is 6.81. The molecule has 1 aliphatic heterocycles. The second kappa shape index (κ2) is 8.19. The Morgan fingerprint density at radius 2 is 1.89 bits per heavy atom. The predicted octanol–water partition coefficient (Wildman–Crippen LogP) is 3.31. The summed E-state index contributed by atoms with van der Waals surface area (Å²) in [5, 5.41) is 22.7. The van der Waals surface area contributed by atoms with Crippen molar-refractivity contribution in [2.24, 2.45) is 0 Å². The van der Waals surface area contributed by atoms with Gasteiger partial charge in [-0.3, -0.25) is 0 Å². The Kier molecular flexibility index (Phi) is 5.92. The summed E-state index contributed by atoms with van der Waals surface area (Å²) >= 11 is 0. The first kappa shape index (κ1) is 19.5. The van der Waals surface area contributed by atoms with Crippen molar-refractivity contribution in [2.45, 2.75) is 38.4 Å². The van der Waals surface area contributed by atoms with E-state index in [1.165, 1.54) is 6.07 Å². The smallest absolute Gasteiger partial charge is 0.164 e. The molecule has 27 heavy (non-hydrogen) atoms. The molecule has 4 nitrogen and oxygen atoms in total. The number of aliphatic hydroxyl groups is 2. The van der Waals surface area contributed by atoms with Crippen LogP contribution in [0.3, 0.4) is 0 Å². The van der Waals surface area contributed by atoms with Gasteiger partial charge in [-0.25, -0.2) is 13.2 Å². The summed E-state index contributed by atoms with van der Waals surface area (Å²) in [5.74, 6) is -2.66. The summed E-state index contributed by atoms with van der Waals surface area (Å²) in [7, 11) is 0. The predicted molar refractivity (Wildman–Crippen MR) is 95.5 cm³/mol. The molecule has 2 atom stereocenters. The zero-order chi connectivity index (χ0) is 19.6. The van der Waals surface area contributed by atoms with E-state index in [1.807, 2.05) is 0 Å². The van der Waals surface area contributed by atoms with E-state index < -0.39 is 29.7 Å². The molecule has 0 aromatic heterocycles. The fourth-order valence-electron chi connectivity index (χ4n) is 3.12. The molecule has 0 bridgehead atoms. The van der Waals surface area contributed by atoms with Crippen LogP contribution >= 0.6 is 0 Å². The van der Waals surface area contributed by atoms with E-state index in [1.54, 1.807) is 19.1 Å². The van der Waals surface area contributed by atoms with E-state index >= 15 is 0 Å². The summed E-state index contributed by atoms with van der Waals surface area (Å²) in [5.41, 5.74) is 1.16. The molecule has 3 N–H and O–H groups in total. The zero-order valence-electron chi connectivity index (χ0n) is 14.9. The fraction of sp³-hybridized carbons (Fsp3) is 0.400. The van der Waals surface area contributed by atoms with Crippen molar-refractivity contribution in [3.05, 3.63) is 58.4 Å². The molecule has 0 fully saturated rings. The van der Waals surface area contributed by atoms with Gasteiger partial charge in [0.1, 0.15) is 24.3 Å². The lowest BCUT2D eigenvalue weighted by Crippen LogP contribution is -2.33. The molecule has 0 saturated carbocycles. The van der Waals surface area contributed by atoms with Gasteiger partial charge in [-0.2, -0.15) is 0 Å². The standard InChI is InChI=1S/C20H22F3NO3/c1-11-4-5-12(14(21)7-11)8-13-19(23)15(22)9-18-20(13)24-6-2-3-16(25)17(26)10-27-18/h4-5,7,9,16-17,24-26H,2-3,6,8,10H2,1H3. The molecule has 0 saturated heterocycles. The molecule has 1 aliphatic rings. The molecular formula is C20H22F3NO3. The van der Waals surface area contributed by atoms with E-state index in [4.69, 9.17) is 4.74 Å². The number of fused-ring (bicyclic) bond motifs is 1. The quantitative estimate of drug-likeness (QED) is 0.747. The number of ether oxygens (including phenoxy) is 1. The molecule has 7 heteroatoms. The van der Waals surface area contributed by atoms with Gasteiger partial charge in [-0.05, 0) is 37.0 Å². The van der Waals surface area contributed by atoms with E-state index in [9.17, 15) is 23.4 Å². The first-order chi connectivity index (χ1) is 12.9. The number of rotatable bonds is 2. The van der Waals surface area contributed by atoms with Crippen LogP contribution in [0.25, 0.3) is 0 Å². The third kappa shape index (κ3) is 4.36. The third-order valence-corrected chi connectivity index (χ3v) is 4.69. The SMILES string of the molecule is Cc1ccc(Cc2c(F)c(F)cc3c2NCCCC(O)C(O)CO3)c(F)c1. The molecule has 1 heterocycles. The van der Waals surface area contributed by atoms with E-state index in [2.05, 4.69) is 5.32 Å². The Hall–Kier alpha value is -2.25.